The van der Waals surface area contributed by atoms with Crippen molar-refractivity contribution < 1.29 is 0 Å². The van der Waals surface area contributed by atoms with Gasteiger partial charge in [0.15, 0.2) is 4.96 Å². The highest BCUT2D eigenvalue weighted by molar-refractivity contribution is 9.10. The van der Waals surface area contributed by atoms with Crippen LogP contribution in [0.5, 0.6) is 0 Å². The maximum Gasteiger partial charge on any atom is 0.194 e. The second-order valence-electron chi connectivity index (χ2n) is 5.66. The molecule has 3 aromatic rings. The molecule has 0 aliphatic carbocycles. The zero-order valence-corrected chi connectivity index (χ0v) is 13.5. The third kappa shape index (κ3) is 2.35. The largest absolute Gasteiger partial charge is 0.290 e. The summed E-state index contributed by atoms with van der Waals surface area (Å²) in [7, 11) is 0. The van der Waals surface area contributed by atoms with Gasteiger partial charge in [0.1, 0.15) is 0 Å². The summed E-state index contributed by atoms with van der Waals surface area (Å²) < 4.78 is 3.29. The Labute approximate surface area is 125 Å². The molecule has 2 nitrogen and oxygen atoms in total. The van der Waals surface area contributed by atoms with Crippen LogP contribution in [0.15, 0.2) is 40.3 Å². The Morgan fingerprint density at radius 3 is 2.74 bits per heavy atom. The van der Waals surface area contributed by atoms with Gasteiger partial charge in [-0.15, -0.1) is 11.3 Å². The van der Waals surface area contributed by atoms with E-state index in [0.717, 1.165) is 15.1 Å². The van der Waals surface area contributed by atoms with Crippen LogP contribution in [0.3, 0.4) is 0 Å². The van der Waals surface area contributed by atoms with Gasteiger partial charge in [-0.05, 0) is 12.1 Å². The molecule has 0 radical (unpaired) electrons. The summed E-state index contributed by atoms with van der Waals surface area (Å²) in [5, 5.41) is 2.16. The first kappa shape index (κ1) is 12.9. The van der Waals surface area contributed by atoms with Crippen molar-refractivity contribution in [2.24, 2.45) is 0 Å². The molecule has 0 N–H and O–H groups in total. The number of halogens is 1. The van der Waals surface area contributed by atoms with Gasteiger partial charge in [0.25, 0.3) is 0 Å². The van der Waals surface area contributed by atoms with E-state index in [2.05, 4.69) is 70.9 Å². The van der Waals surface area contributed by atoms with E-state index in [0.29, 0.717) is 0 Å². The molecule has 0 aliphatic rings. The molecule has 2 heterocycles. The number of hydrogen-bond donors (Lipinski definition) is 0. The van der Waals surface area contributed by atoms with Crippen LogP contribution in [0.4, 0.5) is 0 Å². The highest BCUT2D eigenvalue weighted by Crippen LogP contribution is 2.30. The van der Waals surface area contributed by atoms with E-state index in [1.54, 1.807) is 11.3 Å². The Morgan fingerprint density at radius 2 is 2.05 bits per heavy atom. The minimum absolute atomic E-state index is 0.0836. The van der Waals surface area contributed by atoms with Crippen molar-refractivity contribution in [1.82, 2.24) is 9.38 Å². The SMILES string of the molecule is CC(C)(C)c1cn2c(-c3cccc(Br)c3)csc2n1. The summed E-state index contributed by atoms with van der Waals surface area (Å²) in [6.07, 6.45) is 2.15. The van der Waals surface area contributed by atoms with Crippen molar-refractivity contribution >= 4 is 32.2 Å². The third-order valence-corrected chi connectivity index (χ3v) is 4.43. The molecule has 4 heteroatoms. The molecule has 0 saturated carbocycles. The standard InChI is InChI=1S/C15H15BrN2S/c1-15(2,3)13-8-18-12(9-19-14(18)17-13)10-5-4-6-11(16)7-10/h4-9H,1-3H3. The molecular formula is C15H15BrN2S. The van der Waals surface area contributed by atoms with Gasteiger partial charge in [0, 0.05) is 27.0 Å². The first-order valence-corrected chi connectivity index (χ1v) is 7.85. The summed E-state index contributed by atoms with van der Waals surface area (Å²) in [4.78, 5) is 5.78. The van der Waals surface area contributed by atoms with Crippen LogP contribution in [0.25, 0.3) is 16.2 Å². The van der Waals surface area contributed by atoms with Crippen LogP contribution < -0.4 is 0 Å². The topological polar surface area (TPSA) is 17.3 Å². The number of nitrogens with zero attached hydrogens (tertiary/aromatic N) is 2. The minimum atomic E-state index is 0.0836. The Balaban J connectivity index is 2.17. The quantitative estimate of drug-likeness (QED) is 0.603. The van der Waals surface area contributed by atoms with Gasteiger partial charge >= 0.3 is 0 Å². The van der Waals surface area contributed by atoms with Gasteiger partial charge < -0.3 is 0 Å². The van der Waals surface area contributed by atoms with Crippen LogP contribution in [0.1, 0.15) is 26.5 Å². The van der Waals surface area contributed by atoms with Crippen molar-refractivity contribution in [2.75, 3.05) is 0 Å². The molecular weight excluding hydrogens is 320 g/mol. The van der Waals surface area contributed by atoms with Crippen LogP contribution in [-0.4, -0.2) is 9.38 Å². The molecule has 0 fully saturated rings. The normalized spacial score (nSPS) is 12.2. The second kappa shape index (κ2) is 4.46. The average molecular weight is 335 g/mol. The van der Waals surface area contributed by atoms with Gasteiger partial charge in [0.05, 0.1) is 11.4 Å². The van der Waals surface area contributed by atoms with E-state index in [-0.39, 0.29) is 5.41 Å². The Hall–Kier alpha value is -1.13. The second-order valence-corrected chi connectivity index (χ2v) is 7.41. The van der Waals surface area contributed by atoms with Crippen molar-refractivity contribution in [3.05, 3.63) is 46.0 Å². The number of rotatable bonds is 1. The Morgan fingerprint density at radius 1 is 1.26 bits per heavy atom. The molecule has 98 valence electrons. The number of imidazole rings is 1. The van der Waals surface area contributed by atoms with Crippen LogP contribution in [-0.2, 0) is 5.41 Å². The van der Waals surface area contributed by atoms with E-state index in [1.165, 1.54) is 11.3 Å². The van der Waals surface area contributed by atoms with Crippen LogP contribution in [0, 0.1) is 0 Å². The van der Waals surface area contributed by atoms with Gasteiger partial charge in [-0.3, -0.25) is 4.40 Å². The lowest BCUT2D eigenvalue weighted by atomic mass is 9.93. The molecule has 0 saturated heterocycles. The van der Waals surface area contributed by atoms with Gasteiger partial charge in [-0.2, -0.15) is 0 Å². The summed E-state index contributed by atoms with van der Waals surface area (Å²) in [5.74, 6) is 0. The zero-order valence-electron chi connectivity index (χ0n) is 11.1. The number of aromatic nitrogens is 2. The van der Waals surface area contributed by atoms with Crippen molar-refractivity contribution in [3.63, 3.8) is 0 Å². The molecule has 3 rings (SSSR count). The molecule has 0 amide bonds. The Bertz CT molecular complexity index is 734. The molecule has 1 aromatic carbocycles. The molecule has 0 aliphatic heterocycles. The molecule has 2 aromatic heterocycles. The lowest BCUT2D eigenvalue weighted by molar-refractivity contribution is 0.573. The van der Waals surface area contributed by atoms with E-state index in [4.69, 9.17) is 4.98 Å². The first-order chi connectivity index (χ1) is 8.95. The fourth-order valence-electron chi connectivity index (χ4n) is 2.00. The summed E-state index contributed by atoms with van der Waals surface area (Å²) >= 11 is 5.22. The minimum Gasteiger partial charge on any atom is -0.290 e. The van der Waals surface area contributed by atoms with E-state index < -0.39 is 0 Å². The lowest BCUT2D eigenvalue weighted by Gasteiger charge is -2.13. The predicted octanol–water partition coefficient (Wildman–Crippen LogP) is 5.12. The fourth-order valence-corrected chi connectivity index (χ4v) is 3.28. The number of hydrogen-bond acceptors (Lipinski definition) is 2. The number of thiazole rings is 1. The van der Waals surface area contributed by atoms with Crippen molar-refractivity contribution in [2.45, 2.75) is 26.2 Å². The smallest absolute Gasteiger partial charge is 0.194 e. The summed E-state index contributed by atoms with van der Waals surface area (Å²) in [5.41, 5.74) is 3.62. The van der Waals surface area contributed by atoms with Crippen LogP contribution >= 0.6 is 27.3 Å². The summed E-state index contributed by atoms with van der Waals surface area (Å²) in [6.45, 7) is 6.58. The average Bonchev–Trinajstić information content (AvgIpc) is 2.86. The van der Waals surface area contributed by atoms with E-state index in [9.17, 15) is 0 Å². The van der Waals surface area contributed by atoms with Gasteiger partial charge in [-0.25, -0.2) is 4.98 Å². The van der Waals surface area contributed by atoms with E-state index >= 15 is 0 Å². The molecule has 19 heavy (non-hydrogen) atoms. The summed E-state index contributed by atoms with van der Waals surface area (Å²) in [6, 6.07) is 8.37. The molecule has 0 atom stereocenters. The Kier molecular flexibility index (Phi) is 3.02. The maximum atomic E-state index is 4.72. The fraction of sp³-hybridized carbons (Fsp3) is 0.267. The maximum absolute atomic E-state index is 4.72. The van der Waals surface area contributed by atoms with Crippen molar-refractivity contribution in [1.29, 1.82) is 0 Å². The highest BCUT2D eigenvalue weighted by Gasteiger charge is 2.19. The zero-order chi connectivity index (χ0) is 13.6. The lowest BCUT2D eigenvalue weighted by Crippen LogP contribution is -2.11. The third-order valence-electron chi connectivity index (χ3n) is 3.10. The predicted molar refractivity (Wildman–Crippen MR) is 84.9 cm³/mol. The van der Waals surface area contributed by atoms with Crippen LogP contribution in [0.2, 0.25) is 0 Å². The number of benzene rings is 1. The number of fused-ring (bicyclic) bond motifs is 1. The highest BCUT2D eigenvalue weighted by atomic mass is 79.9. The first-order valence-electron chi connectivity index (χ1n) is 6.18. The molecule has 0 bridgehead atoms. The van der Waals surface area contributed by atoms with Crippen molar-refractivity contribution in [3.8, 4) is 11.3 Å². The van der Waals surface area contributed by atoms with E-state index in [1.807, 2.05) is 6.07 Å². The van der Waals surface area contributed by atoms with Gasteiger partial charge in [0.2, 0.25) is 0 Å². The van der Waals surface area contributed by atoms with Gasteiger partial charge in [-0.1, -0.05) is 48.8 Å². The molecule has 0 spiro atoms. The monoisotopic (exact) mass is 334 g/mol. The molecule has 0 unspecified atom stereocenters.